The maximum Gasteiger partial charge on any atom is 1.00 e. The molecule has 39 heavy (non-hydrogen) atoms. The molecule has 0 unspecified atom stereocenters. The van der Waals surface area contributed by atoms with Crippen LogP contribution in [0.5, 0.6) is 11.5 Å². The van der Waals surface area contributed by atoms with Gasteiger partial charge in [0.2, 0.25) is 0 Å². The van der Waals surface area contributed by atoms with E-state index in [2.05, 4.69) is 15.5 Å². The Morgan fingerprint density at radius 1 is 1.08 bits per heavy atom. The molecule has 9 nitrogen and oxygen atoms in total. The minimum atomic E-state index is -4.69. The van der Waals surface area contributed by atoms with Crippen LogP contribution in [0.2, 0.25) is 10.0 Å². The number of ether oxygens (including phenoxy) is 1. The molecule has 1 amide bonds. The number of benzene rings is 4. The molecule has 13 heteroatoms. The second-order valence-corrected chi connectivity index (χ2v) is 10.3. The van der Waals surface area contributed by atoms with Gasteiger partial charge >= 0.3 is 29.6 Å². The second-order valence-electron chi connectivity index (χ2n) is 8.07. The third-order valence-corrected chi connectivity index (χ3v) is 7.15. The van der Waals surface area contributed by atoms with Crippen LogP contribution in [-0.4, -0.2) is 26.0 Å². The van der Waals surface area contributed by atoms with Crippen LogP contribution in [0.3, 0.4) is 0 Å². The summed E-state index contributed by atoms with van der Waals surface area (Å²) in [5.41, 5.74) is -0.0879. The maximum absolute atomic E-state index is 13.4. The molecule has 4 rings (SSSR count). The van der Waals surface area contributed by atoms with Crippen molar-refractivity contribution in [1.29, 1.82) is 0 Å². The van der Waals surface area contributed by atoms with Gasteiger partial charge in [-0.25, -0.2) is 0 Å². The number of aryl methyl sites for hydroxylation is 1. The number of amides is 1. The molecule has 2 N–H and O–H groups in total. The van der Waals surface area contributed by atoms with Crippen molar-refractivity contribution in [1.82, 2.24) is 0 Å². The van der Waals surface area contributed by atoms with Crippen LogP contribution in [0.15, 0.2) is 75.8 Å². The SMILES string of the molecule is CCc1cc(Cl)cc(N=Nc2c([O-])c(C(=O)Nc3ccc(Cl)c(OC)c3)cc3ccccc23)c1S(=O)(=O)O.[Na+]. The monoisotopic (exact) mass is 595 g/mol. The minimum Gasteiger partial charge on any atom is -0.870 e. The fourth-order valence-corrected chi connectivity index (χ4v) is 5.21. The number of fused-ring (bicyclic) bond motifs is 1. The standard InChI is InChI=1S/C26H21Cl2N3O6S.Na/c1-3-14-10-16(27)12-21(25(14)38(34,35)36)30-31-23-18-7-5-4-6-15(18)11-19(24(23)32)26(33)29-17-8-9-20(28)22(13-17)37-2;/h4-13,32H,3H2,1-2H3,(H,29,33)(H,34,35,36);/q;+1/p-1. The number of methoxy groups -OCH3 is 1. The van der Waals surface area contributed by atoms with E-state index in [1.54, 1.807) is 37.3 Å². The molecule has 0 radical (unpaired) electrons. The number of hydrogen-bond donors (Lipinski definition) is 2. The Balaban J connectivity index is 0.00000420. The molecule has 4 aromatic carbocycles. The number of rotatable bonds is 7. The zero-order valence-corrected chi connectivity index (χ0v) is 25.4. The average molecular weight is 596 g/mol. The quantitative estimate of drug-likeness (QED) is 0.189. The van der Waals surface area contributed by atoms with Crippen LogP contribution in [0.4, 0.5) is 17.1 Å². The van der Waals surface area contributed by atoms with Crippen LogP contribution >= 0.6 is 23.2 Å². The third-order valence-electron chi connectivity index (χ3n) is 5.64. The predicted octanol–water partition coefficient (Wildman–Crippen LogP) is 3.71. The molecule has 4 aromatic rings. The number of nitrogens with zero attached hydrogens (tertiary/aromatic N) is 2. The van der Waals surface area contributed by atoms with Crippen LogP contribution in [0.1, 0.15) is 22.8 Å². The number of carbonyl (C=O) groups is 1. The van der Waals surface area contributed by atoms with Crippen molar-refractivity contribution >= 4 is 67.1 Å². The Morgan fingerprint density at radius 3 is 2.46 bits per heavy atom. The van der Waals surface area contributed by atoms with E-state index in [4.69, 9.17) is 27.9 Å². The van der Waals surface area contributed by atoms with Gasteiger partial charge < -0.3 is 15.2 Å². The normalized spacial score (nSPS) is 11.4. The van der Waals surface area contributed by atoms with Crippen LogP contribution < -0.4 is 44.7 Å². The summed E-state index contributed by atoms with van der Waals surface area (Å²) >= 11 is 12.2. The zero-order valence-electron chi connectivity index (χ0n) is 21.0. The Labute approximate surface area is 256 Å². The fraction of sp³-hybridized carbons (Fsp3) is 0.115. The van der Waals surface area contributed by atoms with Crippen LogP contribution in [-0.2, 0) is 16.5 Å². The summed E-state index contributed by atoms with van der Waals surface area (Å²) in [4.78, 5) is 12.7. The zero-order chi connectivity index (χ0) is 27.6. The molecule has 0 heterocycles. The number of anilines is 1. The smallest absolute Gasteiger partial charge is 0.870 e. The van der Waals surface area contributed by atoms with E-state index in [-0.39, 0.29) is 63.5 Å². The van der Waals surface area contributed by atoms with Crippen LogP contribution in [0.25, 0.3) is 10.8 Å². The van der Waals surface area contributed by atoms with E-state index in [1.807, 2.05) is 0 Å². The minimum absolute atomic E-state index is 0. The van der Waals surface area contributed by atoms with E-state index in [9.17, 15) is 22.9 Å². The number of hydrogen-bond acceptors (Lipinski definition) is 7. The summed E-state index contributed by atoms with van der Waals surface area (Å²) < 4.78 is 39.2. The largest absolute Gasteiger partial charge is 1.00 e. The molecule has 0 aliphatic heterocycles. The van der Waals surface area contributed by atoms with Gasteiger partial charge in [-0.2, -0.15) is 13.5 Å². The van der Waals surface area contributed by atoms with Crippen molar-refractivity contribution in [2.75, 3.05) is 12.4 Å². The van der Waals surface area contributed by atoms with Gasteiger partial charge in [0.15, 0.2) is 0 Å². The molecule has 0 spiro atoms. The van der Waals surface area contributed by atoms with Gasteiger partial charge in [0.05, 0.1) is 17.8 Å². The van der Waals surface area contributed by atoms with Crippen molar-refractivity contribution in [3.05, 3.63) is 81.8 Å². The first-order valence-corrected chi connectivity index (χ1v) is 13.3. The first-order chi connectivity index (χ1) is 18.0. The molecule has 0 aromatic heterocycles. The van der Waals surface area contributed by atoms with Crippen molar-refractivity contribution in [2.24, 2.45) is 10.2 Å². The molecular formula is C26H20Cl2N3NaO6S. The maximum atomic E-state index is 13.4. The van der Waals surface area contributed by atoms with E-state index in [0.717, 1.165) is 0 Å². The Bertz CT molecular complexity index is 1710. The van der Waals surface area contributed by atoms with Gasteiger partial charge in [-0.15, -0.1) is 5.11 Å². The molecule has 0 atom stereocenters. The average Bonchev–Trinajstić information content (AvgIpc) is 2.87. The number of azo groups is 1. The van der Waals surface area contributed by atoms with Gasteiger partial charge in [0.1, 0.15) is 16.3 Å². The Morgan fingerprint density at radius 2 is 1.79 bits per heavy atom. The van der Waals surface area contributed by atoms with Gasteiger partial charge in [0.25, 0.3) is 16.0 Å². The summed E-state index contributed by atoms with van der Waals surface area (Å²) in [5.74, 6) is -1.12. The van der Waals surface area contributed by atoms with E-state index in [0.29, 0.717) is 27.2 Å². The van der Waals surface area contributed by atoms with Gasteiger partial charge in [-0.1, -0.05) is 60.1 Å². The summed E-state index contributed by atoms with van der Waals surface area (Å²) in [6.07, 6.45) is 0.235. The third kappa shape index (κ3) is 6.72. The predicted molar refractivity (Wildman–Crippen MR) is 144 cm³/mol. The van der Waals surface area contributed by atoms with Crippen molar-refractivity contribution in [3.63, 3.8) is 0 Å². The van der Waals surface area contributed by atoms with Gasteiger partial charge in [-0.3, -0.25) is 9.35 Å². The van der Waals surface area contributed by atoms with E-state index >= 15 is 0 Å². The summed E-state index contributed by atoms with van der Waals surface area (Å²) in [5, 5.41) is 25.5. The van der Waals surface area contributed by atoms with E-state index in [1.165, 1.54) is 37.4 Å². The molecule has 0 aliphatic rings. The molecular weight excluding hydrogens is 576 g/mol. The molecule has 0 fully saturated rings. The number of carbonyl (C=O) groups excluding carboxylic acids is 1. The Hall–Kier alpha value is -2.70. The van der Waals surface area contributed by atoms with Crippen molar-refractivity contribution in [2.45, 2.75) is 18.2 Å². The topological polar surface area (TPSA) is 140 Å². The summed E-state index contributed by atoms with van der Waals surface area (Å²) in [6, 6.07) is 15.3. The molecule has 196 valence electrons. The molecule has 0 saturated carbocycles. The number of halogens is 2. The van der Waals surface area contributed by atoms with Crippen molar-refractivity contribution in [3.8, 4) is 11.5 Å². The molecule has 0 saturated heterocycles. The molecule has 0 bridgehead atoms. The summed E-state index contributed by atoms with van der Waals surface area (Å²) in [6.45, 7) is 1.68. The Kier molecular flexibility index (Phi) is 10.0. The first-order valence-electron chi connectivity index (χ1n) is 11.1. The number of nitrogens with one attached hydrogen (secondary N) is 1. The van der Waals surface area contributed by atoms with Crippen LogP contribution in [0, 0.1) is 0 Å². The second kappa shape index (κ2) is 12.6. The first kappa shape index (κ1) is 30.8. The van der Waals surface area contributed by atoms with Gasteiger partial charge in [-0.05, 0) is 47.7 Å². The van der Waals surface area contributed by atoms with Gasteiger partial charge in [0, 0.05) is 27.7 Å². The van der Waals surface area contributed by atoms with E-state index < -0.39 is 26.7 Å². The molecule has 0 aliphatic carbocycles. The summed E-state index contributed by atoms with van der Waals surface area (Å²) in [7, 11) is -3.26. The van der Waals surface area contributed by atoms with Crippen molar-refractivity contribution < 1.29 is 57.2 Å². The fourth-order valence-electron chi connectivity index (χ4n) is 3.89.